The number of nitrogens with one attached hydrogen (secondary N) is 2. The SMILES string of the molecule is C=N/C(=C\C=N/C)NC(=O)c1cc(NC(=O)C2C(c3cc(Cl)cc(Cl)c3)C2(Cl)Cl)ccc1Cl. The van der Waals surface area contributed by atoms with Gasteiger partial charge in [-0.05, 0) is 54.8 Å². The Bertz CT molecular complexity index is 1160. The molecule has 1 aliphatic rings. The van der Waals surface area contributed by atoms with E-state index in [-0.39, 0.29) is 16.4 Å². The molecule has 6 nitrogen and oxygen atoms in total. The largest absolute Gasteiger partial charge is 0.326 e. The molecule has 2 aromatic rings. The Hall–Kier alpha value is -2.09. The second-order valence-corrected chi connectivity index (χ2v) is 9.81. The average Bonchev–Trinajstić information content (AvgIpc) is 3.33. The molecule has 172 valence electrons. The first-order valence-corrected chi connectivity index (χ1v) is 11.3. The summed E-state index contributed by atoms with van der Waals surface area (Å²) in [7, 11) is 1.57. The van der Waals surface area contributed by atoms with E-state index in [4.69, 9.17) is 58.0 Å². The molecule has 2 unspecified atom stereocenters. The monoisotopic (exact) mass is 544 g/mol. The third-order valence-electron chi connectivity index (χ3n) is 4.85. The molecular weight excluding hydrogens is 530 g/mol. The van der Waals surface area contributed by atoms with E-state index in [2.05, 4.69) is 27.3 Å². The molecule has 0 aliphatic heterocycles. The van der Waals surface area contributed by atoms with Crippen LogP contribution in [-0.2, 0) is 4.79 Å². The van der Waals surface area contributed by atoms with E-state index in [1.165, 1.54) is 24.4 Å². The van der Waals surface area contributed by atoms with Crippen LogP contribution in [-0.4, -0.2) is 36.1 Å². The normalized spacial score (nSPS) is 19.3. The lowest BCUT2D eigenvalue weighted by atomic mass is 10.1. The van der Waals surface area contributed by atoms with Gasteiger partial charge in [0.15, 0.2) is 0 Å². The van der Waals surface area contributed by atoms with Crippen molar-refractivity contribution in [2.75, 3.05) is 12.4 Å². The Labute approximate surface area is 215 Å². The van der Waals surface area contributed by atoms with E-state index in [9.17, 15) is 9.59 Å². The first kappa shape index (κ1) is 25.5. The number of alkyl halides is 2. The molecule has 2 amide bonds. The van der Waals surface area contributed by atoms with Crippen molar-refractivity contribution in [2.24, 2.45) is 15.9 Å². The molecule has 0 saturated heterocycles. The minimum absolute atomic E-state index is 0.120. The number of carbonyl (C=O) groups excluding carboxylic acids is 2. The molecule has 2 aromatic carbocycles. The molecule has 11 heteroatoms. The summed E-state index contributed by atoms with van der Waals surface area (Å²) in [5.41, 5.74) is 1.11. The number of hydrogen-bond donors (Lipinski definition) is 2. The Morgan fingerprint density at radius 1 is 1.09 bits per heavy atom. The van der Waals surface area contributed by atoms with Gasteiger partial charge in [-0.2, -0.15) is 0 Å². The van der Waals surface area contributed by atoms with E-state index in [0.717, 1.165) is 0 Å². The summed E-state index contributed by atoms with van der Waals surface area (Å²) in [6.45, 7) is 3.40. The quantitative estimate of drug-likeness (QED) is 0.323. The molecule has 1 aliphatic carbocycles. The zero-order valence-corrected chi connectivity index (χ0v) is 20.9. The van der Waals surface area contributed by atoms with Crippen LogP contribution in [0.2, 0.25) is 15.1 Å². The third-order valence-corrected chi connectivity index (χ3v) is 6.56. The van der Waals surface area contributed by atoms with Gasteiger partial charge in [-0.25, -0.2) is 4.99 Å². The van der Waals surface area contributed by atoms with Crippen LogP contribution >= 0.6 is 58.0 Å². The summed E-state index contributed by atoms with van der Waals surface area (Å²) in [5.74, 6) is -2.04. The maximum atomic E-state index is 12.9. The lowest BCUT2D eigenvalue weighted by Crippen LogP contribution is -2.23. The minimum Gasteiger partial charge on any atom is -0.326 e. The first-order chi connectivity index (χ1) is 15.6. The second kappa shape index (κ2) is 10.5. The van der Waals surface area contributed by atoms with Crippen LogP contribution in [0.3, 0.4) is 0 Å². The van der Waals surface area contributed by atoms with Gasteiger partial charge in [0.2, 0.25) is 5.91 Å². The number of aliphatic imine (C=N–C) groups is 2. The lowest BCUT2D eigenvalue weighted by Gasteiger charge is -2.10. The zero-order valence-electron chi connectivity index (χ0n) is 17.1. The smallest absolute Gasteiger partial charge is 0.258 e. The number of anilines is 1. The fourth-order valence-corrected chi connectivity index (χ4v) is 4.86. The van der Waals surface area contributed by atoms with Gasteiger partial charge in [-0.1, -0.05) is 34.8 Å². The van der Waals surface area contributed by atoms with Crippen molar-refractivity contribution in [2.45, 2.75) is 10.3 Å². The summed E-state index contributed by atoms with van der Waals surface area (Å²) >= 11 is 31.1. The summed E-state index contributed by atoms with van der Waals surface area (Å²) in [6.07, 6.45) is 2.92. The van der Waals surface area contributed by atoms with Crippen LogP contribution in [0.1, 0.15) is 21.8 Å². The van der Waals surface area contributed by atoms with Gasteiger partial charge in [0.25, 0.3) is 5.91 Å². The predicted octanol–water partition coefficient (Wildman–Crippen LogP) is 6.15. The third kappa shape index (κ3) is 5.89. The van der Waals surface area contributed by atoms with E-state index in [1.807, 2.05) is 0 Å². The highest BCUT2D eigenvalue weighted by Crippen LogP contribution is 2.65. The fraction of sp³-hybridized carbons (Fsp3) is 0.182. The van der Waals surface area contributed by atoms with Gasteiger partial charge in [0.1, 0.15) is 10.2 Å². The topological polar surface area (TPSA) is 82.9 Å². The number of allylic oxidation sites excluding steroid dienone is 1. The van der Waals surface area contributed by atoms with Crippen molar-refractivity contribution in [1.82, 2.24) is 5.32 Å². The second-order valence-electron chi connectivity index (χ2n) is 7.09. The molecule has 3 rings (SSSR count). The Kier molecular flexibility index (Phi) is 8.08. The fourth-order valence-electron chi connectivity index (χ4n) is 3.28. The summed E-state index contributed by atoms with van der Waals surface area (Å²) in [4.78, 5) is 33.1. The first-order valence-electron chi connectivity index (χ1n) is 9.43. The number of hydrogen-bond acceptors (Lipinski definition) is 4. The summed E-state index contributed by atoms with van der Waals surface area (Å²) in [5, 5.41) is 6.29. The van der Waals surface area contributed by atoms with E-state index >= 15 is 0 Å². The van der Waals surface area contributed by atoms with E-state index in [0.29, 0.717) is 21.3 Å². The molecule has 0 aromatic heterocycles. The molecule has 1 fully saturated rings. The average molecular weight is 547 g/mol. The van der Waals surface area contributed by atoms with Crippen LogP contribution < -0.4 is 10.6 Å². The Balaban J connectivity index is 1.78. The zero-order chi connectivity index (χ0) is 24.3. The summed E-state index contributed by atoms with van der Waals surface area (Å²) < 4.78 is -1.33. The molecule has 0 radical (unpaired) electrons. The number of halogens is 5. The molecule has 0 bridgehead atoms. The predicted molar refractivity (Wildman–Crippen MR) is 137 cm³/mol. The minimum atomic E-state index is -1.33. The van der Waals surface area contributed by atoms with Crippen molar-refractivity contribution >= 4 is 88.4 Å². The van der Waals surface area contributed by atoms with Gasteiger partial charge in [-0.15, -0.1) is 23.2 Å². The van der Waals surface area contributed by atoms with Gasteiger partial charge in [-0.3, -0.25) is 14.6 Å². The van der Waals surface area contributed by atoms with E-state index < -0.39 is 28.0 Å². The highest BCUT2D eigenvalue weighted by Gasteiger charge is 2.67. The van der Waals surface area contributed by atoms with Crippen LogP contribution in [0.4, 0.5) is 5.69 Å². The number of amides is 2. The number of rotatable bonds is 7. The Morgan fingerprint density at radius 2 is 1.76 bits per heavy atom. The number of nitrogens with zero attached hydrogens (tertiary/aromatic N) is 2. The molecule has 33 heavy (non-hydrogen) atoms. The van der Waals surface area contributed by atoms with Crippen LogP contribution in [0.25, 0.3) is 0 Å². The molecule has 1 saturated carbocycles. The summed E-state index contributed by atoms with van der Waals surface area (Å²) in [6, 6.07) is 9.38. The van der Waals surface area contributed by atoms with Crippen molar-refractivity contribution in [1.29, 1.82) is 0 Å². The maximum absolute atomic E-state index is 12.9. The molecular formula is C22H17Cl5N4O2. The van der Waals surface area contributed by atoms with Gasteiger partial charge in [0, 0.05) is 34.9 Å². The van der Waals surface area contributed by atoms with Crippen molar-refractivity contribution < 1.29 is 9.59 Å². The van der Waals surface area contributed by atoms with Gasteiger partial charge >= 0.3 is 0 Å². The Morgan fingerprint density at radius 3 is 2.36 bits per heavy atom. The van der Waals surface area contributed by atoms with Crippen molar-refractivity contribution in [3.8, 4) is 0 Å². The number of carbonyl (C=O) groups is 2. The standard InChI is InChI=1S/C22H17Cl5N4O2/c1-28-6-5-17(29-2)31-20(32)15-10-14(3-4-16(15)25)30-21(33)19-18(22(19,26)27)11-7-12(23)9-13(24)8-11/h3-10,18-19H,2H2,1H3,(H,30,33)(H,31,32)/b17-5+,28-6-. The van der Waals surface area contributed by atoms with Crippen LogP contribution in [0.15, 0.2) is 58.3 Å². The highest BCUT2D eigenvalue weighted by atomic mass is 35.5. The molecule has 0 heterocycles. The highest BCUT2D eigenvalue weighted by molar-refractivity contribution is 6.53. The number of benzene rings is 2. The van der Waals surface area contributed by atoms with Crippen LogP contribution in [0.5, 0.6) is 0 Å². The lowest BCUT2D eigenvalue weighted by molar-refractivity contribution is -0.117. The van der Waals surface area contributed by atoms with Gasteiger partial charge < -0.3 is 10.6 Å². The maximum Gasteiger partial charge on any atom is 0.258 e. The van der Waals surface area contributed by atoms with Crippen molar-refractivity contribution in [3.63, 3.8) is 0 Å². The molecule has 2 N–H and O–H groups in total. The molecule has 2 atom stereocenters. The van der Waals surface area contributed by atoms with Crippen LogP contribution in [0, 0.1) is 5.92 Å². The van der Waals surface area contributed by atoms with Gasteiger partial charge in [0.05, 0.1) is 16.5 Å². The van der Waals surface area contributed by atoms with E-state index in [1.54, 1.807) is 31.3 Å². The van der Waals surface area contributed by atoms with Crippen molar-refractivity contribution in [3.05, 3.63) is 74.5 Å². The molecule has 0 spiro atoms.